The number of fused-ring (bicyclic) bond motifs is 1. The van der Waals surface area contributed by atoms with Crippen LogP contribution >= 0.6 is 11.6 Å². The molecule has 0 saturated heterocycles. The first-order chi connectivity index (χ1) is 22.4. The summed E-state index contributed by atoms with van der Waals surface area (Å²) in [6, 6.07) is 17.7. The van der Waals surface area contributed by atoms with Crippen molar-refractivity contribution >= 4 is 33.4 Å². The smallest absolute Gasteiger partial charge is 0.178 e. The summed E-state index contributed by atoms with van der Waals surface area (Å²) in [7, 11) is -1.20. The van der Waals surface area contributed by atoms with E-state index in [4.69, 9.17) is 21.1 Å². The predicted molar refractivity (Wildman–Crippen MR) is 198 cm³/mol. The van der Waals surface area contributed by atoms with E-state index < -0.39 is 9.84 Å². The van der Waals surface area contributed by atoms with Crippen LogP contribution in [0.15, 0.2) is 59.5 Å². The Morgan fingerprint density at radius 2 is 1.43 bits per heavy atom. The molecule has 0 aliphatic carbocycles. The summed E-state index contributed by atoms with van der Waals surface area (Å²) in [6.07, 6.45) is 6.34. The molecule has 1 N–H and O–H groups in total. The molecular weight excluding hydrogens is 630 g/mol. The van der Waals surface area contributed by atoms with Gasteiger partial charge in [0.1, 0.15) is 19.5 Å². The molecule has 260 valence electrons. The molecule has 3 aromatic carbocycles. The van der Waals surface area contributed by atoms with E-state index in [-0.39, 0.29) is 5.75 Å². The summed E-state index contributed by atoms with van der Waals surface area (Å²) in [4.78, 5) is 10.0. The molecule has 0 radical (unpaired) electrons. The van der Waals surface area contributed by atoms with E-state index in [1.807, 2.05) is 58.2 Å². The number of halogens is 1. The van der Waals surface area contributed by atoms with Crippen LogP contribution in [0.1, 0.15) is 108 Å². The topological polar surface area (TPSA) is 81.7 Å². The molecule has 47 heavy (non-hydrogen) atoms. The van der Waals surface area contributed by atoms with Crippen molar-refractivity contribution in [3.63, 3.8) is 0 Å². The van der Waals surface area contributed by atoms with Gasteiger partial charge in [-0.2, -0.15) is 0 Å². The van der Waals surface area contributed by atoms with E-state index in [2.05, 4.69) is 45.1 Å². The summed E-state index contributed by atoms with van der Waals surface area (Å²) in [5.74, 6) is 3.13. The third-order valence-corrected chi connectivity index (χ3v) is 10.4. The second-order valence-electron chi connectivity index (χ2n) is 12.4. The zero-order valence-corrected chi connectivity index (χ0v) is 31.3. The van der Waals surface area contributed by atoms with Gasteiger partial charge in [0.25, 0.3) is 0 Å². The first-order valence-corrected chi connectivity index (χ1v) is 19.1. The molecule has 6 nitrogen and oxygen atoms in total. The van der Waals surface area contributed by atoms with Crippen molar-refractivity contribution in [2.45, 2.75) is 104 Å². The lowest BCUT2D eigenvalue weighted by Gasteiger charge is -2.24. The highest BCUT2D eigenvalue weighted by atomic mass is 35.5. The van der Waals surface area contributed by atoms with E-state index in [0.29, 0.717) is 48.7 Å². The van der Waals surface area contributed by atoms with E-state index >= 15 is 0 Å². The highest BCUT2D eigenvalue weighted by Gasteiger charge is 2.20. The normalized spacial score (nSPS) is 13.4. The molecule has 1 aliphatic rings. The van der Waals surface area contributed by atoms with Crippen LogP contribution in [0.3, 0.4) is 0 Å². The fourth-order valence-electron chi connectivity index (χ4n) is 5.60. The number of nitrogens with one attached hydrogen (secondary N) is 1. The Morgan fingerprint density at radius 1 is 0.851 bits per heavy atom. The van der Waals surface area contributed by atoms with Gasteiger partial charge in [0, 0.05) is 24.2 Å². The first-order valence-electron chi connectivity index (χ1n) is 17.1. The molecule has 4 rings (SSSR count). The van der Waals surface area contributed by atoms with Crippen LogP contribution in [0.25, 0.3) is 0 Å². The molecule has 0 aromatic heterocycles. The maximum atomic E-state index is 12.2. The number of anilines is 1. The van der Waals surface area contributed by atoms with Gasteiger partial charge in [0.05, 0.1) is 10.6 Å². The summed E-state index contributed by atoms with van der Waals surface area (Å²) in [5, 5.41) is 4.08. The maximum Gasteiger partial charge on any atom is 0.178 e. The van der Waals surface area contributed by atoms with Crippen LogP contribution in [0.2, 0.25) is 5.02 Å². The van der Waals surface area contributed by atoms with Crippen LogP contribution in [0, 0.1) is 5.92 Å². The monoisotopic (exact) mass is 685 g/mol. The number of aldehydes is 1. The van der Waals surface area contributed by atoms with Gasteiger partial charge >= 0.3 is 0 Å². The Hall–Kier alpha value is -3.03. The molecule has 3 aromatic rings. The molecule has 1 heterocycles. The number of carbonyl (C=O) groups is 1. The SMILES string of the molecule is CC(C)CC=O.CCCS(=O)(=O)c1ccc([C@H](C)CC(CC)c2ccc3c(c2)OCCO3)cc1.CCc1cc(Cl)cc(CC)c1NC. The highest BCUT2D eigenvalue weighted by Crippen LogP contribution is 2.38. The molecule has 0 fully saturated rings. The van der Waals surface area contributed by atoms with Gasteiger partial charge in [-0.1, -0.05) is 78.3 Å². The van der Waals surface area contributed by atoms with Crippen molar-refractivity contribution in [3.05, 3.63) is 81.9 Å². The van der Waals surface area contributed by atoms with E-state index in [1.165, 1.54) is 27.9 Å². The minimum atomic E-state index is -3.16. The second-order valence-corrected chi connectivity index (χ2v) is 14.9. The minimum absolute atomic E-state index is 0.198. The molecular formula is C39H56ClNO5S. The number of sulfone groups is 1. The molecule has 0 amide bonds. The molecule has 8 heteroatoms. The van der Waals surface area contributed by atoms with Crippen molar-refractivity contribution in [1.29, 1.82) is 0 Å². The molecule has 0 saturated carbocycles. The second kappa shape index (κ2) is 20.4. The van der Waals surface area contributed by atoms with Crippen LogP contribution in [0.5, 0.6) is 11.5 Å². The molecule has 1 aliphatic heterocycles. The zero-order valence-electron chi connectivity index (χ0n) is 29.7. The average Bonchev–Trinajstić information content (AvgIpc) is 3.06. The number of ether oxygens (including phenoxy) is 2. The minimum Gasteiger partial charge on any atom is -0.486 e. The van der Waals surface area contributed by atoms with Gasteiger partial charge in [-0.05, 0) is 109 Å². The van der Waals surface area contributed by atoms with Gasteiger partial charge < -0.3 is 19.6 Å². The highest BCUT2D eigenvalue weighted by molar-refractivity contribution is 7.91. The van der Waals surface area contributed by atoms with Crippen molar-refractivity contribution in [1.82, 2.24) is 0 Å². The van der Waals surface area contributed by atoms with Gasteiger partial charge in [0.15, 0.2) is 21.3 Å². The van der Waals surface area contributed by atoms with E-state index in [1.54, 1.807) is 12.1 Å². The average molecular weight is 686 g/mol. The fourth-order valence-corrected chi connectivity index (χ4v) is 7.19. The first kappa shape index (κ1) is 40.1. The van der Waals surface area contributed by atoms with Crippen LogP contribution < -0.4 is 14.8 Å². The van der Waals surface area contributed by atoms with Crippen molar-refractivity contribution in [2.24, 2.45) is 5.92 Å². The Kier molecular flexibility index (Phi) is 17.4. The van der Waals surface area contributed by atoms with E-state index in [9.17, 15) is 13.2 Å². The van der Waals surface area contributed by atoms with Crippen molar-refractivity contribution in [2.75, 3.05) is 31.3 Å². The van der Waals surface area contributed by atoms with Crippen molar-refractivity contribution in [3.8, 4) is 11.5 Å². The quantitative estimate of drug-likeness (QED) is 0.180. The fraction of sp³-hybridized carbons (Fsp3) is 0.513. The largest absolute Gasteiger partial charge is 0.486 e. The Balaban J connectivity index is 0.000000333. The van der Waals surface area contributed by atoms with Crippen LogP contribution in [0.4, 0.5) is 5.69 Å². The van der Waals surface area contributed by atoms with Gasteiger partial charge in [-0.15, -0.1) is 0 Å². The lowest BCUT2D eigenvalue weighted by molar-refractivity contribution is -0.108. The third-order valence-electron chi connectivity index (χ3n) is 8.30. The van der Waals surface area contributed by atoms with E-state index in [0.717, 1.165) is 48.5 Å². The lowest BCUT2D eigenvalue weighted by atomic mass is 9.84. The Morgan fingerprint density at radius 3 is 1.89 bits per heavy atom. The summed E-state index contributed by atoms with van der Waals surface area (Å²) in [5.41, 5.74) is 6.28. The summed E-state index contributed by atoms with van der Waals surface area (Å²) >= 11 is 6.01. The lowest BCUT2D eigenvalue weighted by Crippen LogP contribution is -2.15. The van der Waals surface area contributed by atoms with Crippen molar-refractivity contribution < 1.29 is 22.7 Å². The molecule has 0 spiro atoms. The zero-order chi connectivity index (χ0) is 35.0. The van der Waals surface area contributed by atoms with Gasteiger partial charge in [0.2, 0.25) is 0 Å². The predicted octanol–water partition coefficient (Wildman–Crippen LogP) is 10.1. The number of rotatable bonds is 13. The maximum absolute atomic E-state index is 12.2. The third kappa shape index (κ3) is 12.5. The molecule has 0 bridgehead atoms. The Labute approximate surface area is 289 Å². The molecule has 2 atom stereocenters. The van der Waals surface area contributed by atoms with Crippen LogP contribution in [-0.4, -0.2) is 40.7 Å². The Bertz CT molecular complexity index is 1460. The molecule has 1 unspecified atom stereocenters. The van der Waals surface area contributed by atoms with Crippen LogP contribution in [-0.2, 0) is 27.5 Å². The number of hydrogen-bond donors (Lipinski definition) is 1. The number of hydrogen-bond acceptors (Lipinski definition) is 6. The summed E-state index contributed by atoms with van der Waals surface area (Å²) < 4.78 is 35.8. The number of benzene rings is 3. The standard InChI is InChI=1S/C23H30O4S.C11H16ClN.C5H10O/c1-4-14-28(24,25)21-9-6-19(7-10-21)17(3)15-18(5-2)20-8-11-22-23(16-20)27-13-12-26-22;1-4-8-6-10(12)7-9(5-2)11(8)13-3;1-5(2)3-4-6/h6-11,16-18H,4-5,12-15H2,1-3H3;6-7,13H,4-5H2,1-3H3;4-5H,3H2,1-2H3/t17-,18?;;/m1../s1. The summed E-state index contributed by atoms with van der Waals surface area (Å²) in [6.45, 7) is 15.8. The number of aryl methyl sites for hydroxylation is 2. The van der Waals surface area contributed by atoms with Gasteiger partial charge in [-0.25, -0.2) is 8.42 Å². The van der Waals surface area contributed by atoms with Gasteiger partial charge in [-0.3, -0.25) is 0 Å². The number of carbonyl (C=O) groups excluding carboxylic acids is 1.